The molecule has 0 amide bonds. The molecule has 2 heteroatoms. The molecule has 1 aromatic carbocycles. The Bertz CT molecular complexity index is 292. The molecular weight excluding hydrogens is 190 g/mol. The SMILES string of the molecule is Clc1ccccc1[B]C1CCCCC1. The Hall–Kier alpha value is -0.425. The van der Waals surface area contributed by atoms with Crippen molar-refractivity contribution in [3.8, 4) is 0 Å². The first kappa shape index (κ1) is 10.1. The minimum atomic E-state index is 0.753. The Morgan fingerprint density at radius 1 is 1.07 bits per heavy atom. The third kappa shape index (κ3) is 2.54. The lowest BCUT2D eigenvalue weighted by atomic mass is 9.55. The average molecular weight is 206 g/mol. The van der Waals surface area contributed by atoms with E-state index in [-0.39, 0.29) is 0 Å². The molecule has 2 rings (SSSR count). The lowest BCUT2D eigenvalue weighted by molar-refractivity contribution is 0.502. The van der Waals surface area contributed by atoms with Gasteiger partial charge in [0.2, 0.25) is 0 Å². The van der Waals surface area contributed by atoms with Crippen molar-refractivity contribution in [2.45, 2.75) is 37.9 Å². The number of halogens is 1. The Kier molecular flexibility index (Phi) is 3.52. The van der Waals surface area contributed by atoms with Crippen molar-refractivity contribution in [2.75, 3.05) is 0 Å². The van der Waals surface area contributed by atoms with Crippen LogP contribution in [0.15, 0.2) is 24.3 Å². The first-order chi connectivity index (χ1) is 6.86. The summed E-state index contributed by atoms with van der Waals surface area (Å²) in [6.07, 6.45) is 6.85. The van der Waals surface area contributed by atoms with Crippen LogP contribution in [0.25, 0.3) is 0 Å². The molecule has 14 heavy (non-hydrogen) atoms. The van der Waals surface area contributed by atoms with Crippen molar-refractivity contribution in [2.24, 2.45) is 0 Å². The Morgan fingerprint density at radius 3 is 2.50 bits per heavy atom. The molecule has 0 bridgehead atoms. The summed E-state index contributed by atoms with van der Waals surface area (Å²) in [5.41, 5.74) is 1.21. The minimum absolute atomic E-state index is 0.753. The maximum absolute atomic E-state index is 6.11. The Balaban J connectivity index is 1.99. The van der Waals surface area contributed by atoms with E-state index in [0.717, 1.165) is 10.8 Å². The first-order valence-corrected chi connectivity index (χ1v) is 5.83. The lowest BCUT2D eigenvalue weighted by Gasteiger charge is -2.20. The fourth-order valence-electron chi connectivity index (χ4n) is 2.17. The molecule has 0 N–H and O–H groups in total. The number of hydrogen-bond acceptors (Lipinski definition) is 0. The molecule has 1 aromatic rings. The molecule has 0 unspecified atom stereocenters. The second-order valence-electron chi connectivity index (χ2n) is 4.09. The van der Waals surface area contributed by atoms with Crippen molar-refractivity contribution in [3.63, 3.8) is 0 Å². The van der Waals surface area contributed by atoms with Gasteiger partial charge < -0.3 is 0 Å². The van der Waals surface area contributed by atoms with E-state index in [1.165, 1.54) is 37.6 Å². The Morgan fingerprint density at radius 2 is 1.79 bits per heavy atom. The van der Waals surface area contributed by atoms with Gasteiger partial charge in [0.15, 0.2) is 7.28 Å². The fraction of sp³-hybridized carbons (Fsp3) is 0.500. The molecule has 1 saturated carbocycles. The van der Waals surface area contributed by atoms with Crippen LogP contribution in [-0.2, 0) is 0 Å². The van der Waals surface area contributed by atoms with Crippen LogP contribution in [0.5, 0.6) is 0 Å². The molecule has 0 atom stereocenters. The van der Waals surface area contributed by atoms with Gasteiger partial charge >= 0.3 is 0 Å². The largest absolute Gasteiger partial charge is 0.157 e. The van der Waals surface area contributed by atoms with Gasteiger partial charge in [-0.3, -0.25) is 0 Å². The molecule has 0 aromatic heterocycles. The second kappa shape index (κ2) is 4.88. The van der Waals surface area contributed by atoms with Gasteiger partial charge in [-0.05, 0) is 6.07 Å². The molecule has 0 aliphatic heterocycles. The van der Waals surface area contributed by atoms with Crippen LogP contribution < -0.4 is 5.46 Å². The van der Waals surface area contributed by atoms with E-state index in [1.807, 2.05) is 12.1 Å². The van der Waals surface area contributed by atoms with E-state index in [1.54, 1.807) is 0 Å². The van der Waals surface area contributed by atoms with Gasteiger partial charge in [0.05, 0.1) is 0 Å². The predicted molar refractivity (Wildman–Crippen MR) is 63.7 cm³/mol. The van der Waals surface area contributed by atoms with Gasteiger partial charge in [0.25, 0.3) is 0 Å². The summed E-state index contributed by atoms with van der Waals surface area (Å²) in [5.74, 6) is 0.753. The van der Waals surface area contributed by atoms with Crippen LogP contribution in [0.3, 0.4) is 0 Å². The summed E-state index contributed by atoms with van der Waals surface area (Å²) in [6.45, 7) is 0. The smallest absolute Gasteiger partial charge is 0.0850 e. The summed E-state index contributed by atoms with van der Waals surface area (Å²) in [7, 11) is 2.35. The normalized spacial score (nSPS) is 18.1. The van der Waals surface area contributed by atoms with E-state index in [0.29, 0.717) is 0 Å². The molecule has 1 aliphatic rings. The van der Waals surface area contributed by atoms with Crippen molar-refractivity contribution in [1.29, 1.82) is 0 Å². The van der Waals surface area contributed by atoms with Crippen molar-refractivity contribution in [3.05, 3.63) is 29.3 Å². The molecule has 0 saturated heterocycles. The topological polar surface area (TPSA) is 0 Å². The lowest BCUT2D eigenvalue weighted by Crippen LogP contribution is -2.22. The van der Waals surface area contributed by atoms with Gasteiger partial charge in [-0.25, -0.2) is 0 Å². The van der Waals surface area contributed by atoms with Crippen LogP contribution in [0.1, 0.15) is 32.1 Å². The first-order valence-electron chi connectivity index (χ1n) is 5.45. The van der Waals surface area contributed by atoms with Crippen LogP contribution in [0.4, 0.5) is 0 Å². The summed E-state index contributed by atoms with van der Waals surface area (Å²) < 4.78 is 0. The van der Waals surface area contributed by atoms with Crippen LogP contribution in [0, 0.1) is 0 Å². The second-order valence-corrected chi connectivity index (χ2v) is 4.49. The molecule has 73 valence electrons. The zero-order chi connectivity index (χ0) is 9.80. The van der Waals surface area contributed by atoms with E-state index >= 15 is 0 Å². The number of rotatable bonds is 2. The summed E-state index contributed by atoms with van der Waals surface area (Å²) in [5, 5.41) is 0.887. The van der Waals surface area contributed by atoms with Crippen LogP contribution >= 0.6 is 11.6 Å². The van der Waals surface area contributed by atoms with Gasteiger partial charge in [0, 0.05) is 5.02 Å². The third-order valence-electron chi connectivity index (χ3n) is 2.97. The minimum Gasteiger partial charge on any atom is -0.0850 e. The molecule has 0 heterocycles. The fourth-order valence-corrected chi connectivity index (χ4v) is 2.36. The summed E-state index contributed by atoms with van der Waals surface area (Å²) >= 11 is 6.11. The van der Waals surface area contributed by atoms with E-state index in [9.17, 15) is 0 Å². The molecule has 1 aliphatic carbocycles. The van der Waals surface area contributed by atoms with E-state index in [2.05, 4.69) is 19.4 Å². The van der Waals surface area contributed by atoms with Gasteiger partial charge in [-0.2, -0.15) is 0 Å². The zero-order valence-corrected chi connectivity index (χ0v) is 9.13. The van der Waals surface area contributed by atoms with Crippen molar-refractivity contribution >= 4 is 24.3 Å². The third-order valence-corrected chi connectivity index (χ3v) is 3.31. The van der Waals surface area contributed by atoms with E-state index < -0.39 is 0 Å². The van der Waals surface area contributed by atoms with Crippen LogP contribution in [-0.4, -0.2) is 7.28 Å². The van der Waals surface area contributed by atoms with Crippen molar-refractivity contribution in [1.82, 2.24) is 0 Å². The zero-order valence-electron chi connectivity index (χ0n) is 8.38. The monoisotopic (exact) mass is 205 g/mol. The summed E-state index contributed by atoms with van der Waals surface area (Å²) in [6, 6.07) is 8.12. The predicted octanol–water partition coefficient (Wildman–Crippen LogP) is 3.42. The number of benzene rings is 1. The highest BCUT2D eigenvalue weighted by Crippen LogP contribution is 2.27. The average Bonchev–Trinajstić information content (AvgIpc) is 2.23. The standard InChI is InChI=1S/C12H15BCl/c14-12-9-5-4-8-11(12)13-10-6-2-1-3-7-10/h4-5,8-10H,1-3,6-7H2. The maximum atomic E-state index is 6.11. The summed E-state index contributed by atoms with van der Waals surface area (Å²) in [4.78, 5) is 0. The molecule has 1 fully saturated rings. The van der Waals surface area contributed by atoms with Crippen LogP contribution in [0.2, 0.25) is 10.8 Å². The highest BCUT2D eigenvalue weighted by molar-refractivity contribution is 6.59. The molecule has 1 radical (unpaired) electrons. The van der Waals surface area contributed by atoms with Crippen molar-refractivity contribution < 1.29 is 0 Å². The van der Waals surface area contributed by atoms with Gasteiger partial charge in [0.1, 0.15) is 0 Å². The molecule has 0 spiro atoms. The highest BCUT2D eigenvalue weighted by atomic mass is 35.5. The maximum Gasteiger partial charge on any atom is 0.157 e. The Labute approximate surface area is 91.9 Å². The van der Waals surface area contributed by atoms with E-state index in [4.69, 9.17) is 11.6 Å². The van der Waals surface area contributed by atoms with Gasteiger partial charge in [-0.15, -0.1) is 0 Å². The number of hydrogen-bond donors (Lipinski definition) is 0. The quantitative estimate of drug-likeness (QED) is 0.649. The van der Waals surface area contributed by atoms with Gasteiger partial charge in [-0.1, -0.05) is 73.2 Å². The highest BCUT2D eigenvalue weighted by Gasteiger charge is 2.16. The molecular formula is C12H15BCl. The molecule has 0 nitrogen and oxygen atoms in total.